The highest BCUT2D eigenvalue weighted by molar-refractivity contribution is 7.89. The Labute approximate surface area is 156 Å². The Kier molecular flexibility index (Phi) is 5.15. The lowest BCUT2D eigenvalue weighted by Crippen LogP contribution is -2.50. The average molecular weight is 400 g/mol. The van der Waals surface area contributed by atoms with Crippen molar-refractivity contribution >= 4 is 38.9 Å². The molecule has 1 amide bonds. The quantitative estimate of drug-likeness (QED) is 0.795. The fourth-order valence-electron chi connectivity index (χ4n) is 2.64. The first-order valence-electron chi connectivity index (χ1n) is 7.77. The summed E-state index contributed by atoms with van der Waals surface area (Å²) >= 11 is 7.48. The average Bonchev–Trinajstić information content (AvgIpc) is 3.03. The monoisotopic (exact) mass is 399 g/mol. The maximum atomic E-state index is 12.8. The van der Waals surface area contributed by atoms with Crippen LogP contribution in [-0.2, 0) is 10.0 Å². The van der Waals surface area contributed by atoms with Crippen molar-refractivity contribution in [2.45, 2.75) is 18.7 Å². The minimum absolute atomic E-state index is 0.153. The van der Waals surface area contributed by atoms with Crippen molar-refractivity contribution in [1.29, 1.82) is 0 Å². The Hall–Kier alpha value is -1.48. The van der Waals surface area contributed by atoms with Gasteiger partial charge in [-0.15, -0.1) is 11.3 Å². The van der Waals surface area contributed by atoms with Crippen molar-refractivity contribution in [3.8, 4) is 0 Å². The van der Waals surface area contributed by atoms with E-state index in [-0.39, 0.29) is 23.9 Å². The van der Waals surface area contributed by atoms with Gasteiger partial charge in [-0.2, -0.15) is 4.31 Å². The standard InChI is InChI=1S/C16H18ClN3O3S2/c1-11-3-4-13(9-14(11)17)25(22,23)20-7-5-19(6-8-20)16(21)15-10-24-12(2)18-15/h3-4,9-10H,5-8H2,1-2H3. The molecule has 2 aromatic rings. The third-order valence-electron chi connectivity index (χ3n) is 4.15. The number of piperazine rings is 1. The van der Waals surface area contributed by atoms with Gasteiger partial charge in [-0.25, -0.2) is 13.4 Å². The number of thiazole rings is 1. The zero-order chi connectivity index (χ0) is 18.2. The molecule has 25 heavy (non-hydrogen) atoms. The van der Waals surface area contributed by atoms with Crippen molar-refractivity contribution in [3.63, 3.8) is 0 Å². The predicted octanol–water partition coefficient (Wildman–Crippen LogP) is 2.56. The summed E-state index contributed by atoms with van der Waals surface area (Å²) in [6, 6.07) is 4.73. The van der Waals surface area contributed by atoms with Gasteiger partial charge in [0.1, 0.15) is 5.69 Å². The second-order valence-electron chi connectivity index (χ2n) is 5.86. The largest absolute Gasteiger partial charge is 0.335 e. The Morgan fingerprint density at radius 3 is 2.44 bits per heavy atom. The van der Waals surface area contributed by atoms with Gasteiger partial charge >= 0.3 is 0 Å². The van der Waals surface area contributed by atoms with E-state index in [1.807, 2.05) is 13.8 Å². The fourth-order valence-corrected chi connectivity index (χ4v) is 4.92. The molecule has 1 fully saturated rings. The van der Waals surface area contributed by atoms with Gasteiger partial charge in [-0.3, -0.25) is 4.79 Å². The van der Waals surface area contributed by atoms with Crippen molar-refractivity contribution in [3.05, 3.63) is 44.9 Å². The molecule has 0 bridgehead atoms. The molecule has 0 spiro atoms. The van der Waals surface area contributed by atoms with Crippen molar-refractivity contribution in [1.82, 2.24) is 14.2 Å². The van der Waals surface area contributed by atoms with Crippen molar-refractivity contribution in [2.24, 2.45) is 0 Å². The van der Waals surface area contributed by atoms with Crippen LogP contribution in [0.1, 0.15) is 21.1 Å². The SMILES string of the molecule is Cc1nc(C(=O)N2CCN(S(=O)(=O)c3ccc(C)c(Cl)c3)CC2)cs1. The van der Waals surface area contributed by atoms with E-state index in [1.54, 1.807) is 22.4 Å². The first-order valence-corrected chi connectivity index (χ1v) is 10.5. The van der Waals surface area contributed by atoms with E-state index in [0.717, 1.165) is 10.6 Å². The first-order chi connectivity index (χ1) is 11.8. The van der Waals surface area contributed by atoms with E-state index in [0.29, 0.717) is 23.8 Å². The molecule has 1 aromatic heterocycles. The zero-order valence-electron chi connectivity index (χ0n) is 13.9. The highest BCUT2D eigenvalue weighted by atomic mass is 35.5. The lowest BCUT2D eigenvalue weighted by Gasteiger charge is -2.33. The number of nitrogens with zero attached hydrogens (tertiary/aromatic N) is 3. The summed E-state index contributed by atoms with van der Waals surface area (Å²) in [7, 11) is -3.61. The van der Waals surface area contributed by atoms with Crippen LogP contribution < -0.4 is 0 Å². The number of aromatic nitrogens is 1. The van der Waals surface area contributed by atoms with E-state index in [1.165, 1.54) is 21.7 Å². The molecule has 0 saturated carbocycles. The second kappa shape index (κ2) is 7.03. The number of hydrogen-bond donors (Lipinski definition) is 0. The molecule has 2 heterocycles. The molecule has 1 aliphatic rings. The fraction of sp³-hybridized carbons (Fsp3) is 0.375. The minimum atomic E-state index is -3.61. The van der Waals surface area contributed by atoms with Crippen LogP contribution in [-0.4, -0.2) is 54.7 Å². The Balaban J connectivity index is 1.71. The molecule has 3 rings (SSSR count). The van der Waals surface area contributed by atoms with Crippen molar-refractivity contribution in [2.75, 3.05) is 26.2 Å². The van der Waals surface area contributed by atoms with Crippen LogP contribution in [0.4, 0.5) is 0 Å². The summed E-state index contributed by atoms with van der Waals surface area (Å²) in [5.41, 5.74) is 1.25. The first kappa shape index (κ1) is 18.3. The number of halogens is 1. The number of aryl methyl sites for hydroxylation is 2. The van der Waals surface area contributed by atoms with Crippen LogP contribution in [0.25, 0.3) is 0 Å². The van der Waals surface area contributed by atoms with Gasteiger partial charge in [-0.05, 0) is 31.5 Å². The molecular formula is C16H18ClN3O3S2. The van der Waals surface area contributed by atoms with Crippen LogP contribution in [0.15, 0.2) is 28.5 Å². The number of carbonyl (C=O) groups excluding carboxylic acids is 1. The van der Waals surface area contributed by atoms with Gasteiger partial charge in [0.15, 0.2) is 0 Å². The van der Waals surface area contributed by atoms with Crippen LogP contribution >= 0.6 is 22.9 Å². The molecule has 1 aromatic carbocycles. The molecule has 134 valence electrons. The second-order valence-corrected chi connectivity index (χ2v) is 9.27. The smallest absolute Gasteiger partial charge is 0.273 e. The van der Waals surface area contributed by atoms with Gasteiger partial charge in [0, 0.05) is 36.6 Å². The molecule has 0 unspecified atom stereocenters. The van der Waals surface area contributed by atoms with E-state index >= 15 is 0 Å². The molecule has 6 nitrogen and oxygen atoms in total. The number of amides is 1. The summed E-state index contributed by atoms with van der Waals surface area (Å²) in [6.07, 6.45) is 0. The van der Waals surface area contributed by atoms with Gasteiger partial charge in [0.25, 0.3) is 5.91 Å². The van der Waals surface area contributed by atoms with E-state index in [4.69, 9.17) is 11.6 Å². The molecule has 1 saturated heterocycles. The lowest BCUT2D eigenvalue weighted by atomic mass is 10.2. The summed E-state index contributed by atoms with van der Waals surface area (Å²) in [5.74, 6) is -0.153. The highest BCUT2D eigenvalue weighted by Gasteiger charge is 2.31. The normalized spacial score (nSPS) is 16.2. The molecule has 0 radical (unpaired) electrons. The number of carbonyl (C=O) groups is 1. The molecular weight excluding hydrogens is 382 g/mol. The molecule has 9 heteroatoms. The Morgan fingerprint density at radius 2 is 1.88 bits per heavy atom. The van der Waals surface area contributed by atoms with E-state index in [2.05, 4.69) is 4.98 Å². The van der Waals surface area contributed by atoms with Gasteiger partial charge < -0.3 is 4.90 Å². The Morgan fingerprint density at radius 1 is 1.20 bits per heavy atom. The summed E-state index contributed by atoms with van der Waals surface area (Å²) in [6.45, 7) is 4.86. The van der Waals surface area contributed by atoms with Crippen LogP contribution in [0.5, 0.6) is 0 Å². The number of sulfonamides is 1. The third kappa shape index (κ3) is 3.72. The number of benzene rings is 1. The number of rotatable bonds is 3. The maximum Gasteiger partial charge on any atom is 0.273 e. The van der Waals surface area contributed by atoms with Crippen molar-refractivity contribution < 1.29 is 13.2 Å². The molecule has 0 aliphatic carbocycles. The number of hydrogen-bond acceptors (Lipinski definition) is 5. The summed E-state index contributed by atoms with van der Waals surface area (Å²) in [5, 5.41) is 2.99. The summed E-state index contributed by atoms with van der Waals surface area (Å²) < 4.78 is 26.9. The summed E-state index contributed by atoms with van der Waals surface area (Å²) in [4.78, 5) is 18.4. The molecule has 1 aliphatic heterocycles. The minimum Gasteiger partial charge on any atom is -0.335 e. The molecule has 0 N–H and O–H groups in total. The third-order valence-corrected chi connectivity index (χ3v) is 7.22. The topological polar surface area (TPSA) is 70.6 Å². The van der Waals surface area contributed by atoms with Gasteiger partial charge in [0.05, 0.1) is 9.90 Å². The zero-order valence-corrected chi connectivity index (χ0v) is 16.3. The lowest BCUT2D eigenvalue weighted by molar-refractivity contribution is 0.0692. The Bertz CT molecular complexity index is 903. The van der Waals surface area contributed by atoms with E-state index in [9.17, 15) is 13.2 Å². The van der Waals surface area contributed by atoms with Crippen LogP contribution in [0.3, 0.4) is 0 Å². The van der Waals surface area contributed by atoms with E-state index < -0.39 is 10.0 Å². The van der Waals surface area contributed by atoms with Crippen LogP contribution in [0, 0.1) is 13.8 Å². The maximum absolute atomic E-state index is 12.8. The van der Waals surface area contributed by atoms with Gasteiger partial charge in [-0.1, -0.05) is 17.7 Å². The van der Waals surface area contributed by atoms with Gasteiger partial charge in [0.2, 0.25) is 10.0 Å². The highest BCUT2D eigenvalue weighted by Crippen LogP contribution is 2.24. The predicted molar refractivity (Wildman–Crippen MR) is 97.7 cm³/mol. The molecule has 0 atom stereocenters. The van der Waals surface area contributed by atoms with Crippen LogP contribution in [0.2, 0.25) is 5.02 Å².